The van der Waals surface area contributed by atoms with Crippen LogP contribution in [0.4, 0.5) is 0 Å². The summed E-state index contributed by atoms with van der Waals surface area (Å²) in [6.07, 6.45) is 1.62. The standard InChI is InChI=1S/C13H13NO4/c1-2-9-17-12(15)7-8-14-10-5-3-4-6-11(10)18-13(14)16/h2-6H,1,7-9H2. The van der Waals surface area contributed by atoms with Crippen LogP contribution in [0.25, 0.3) is 11.1 Å². The first kappa shape index (κ1) is 12.2. The quantitative estimate of drug-likeness (QED) is 0.596. The molecule has 0 amide bonds. The number of ether oxygens (including phenoxy) is 1. The van der Waals surface area contributed by atoms with Crippen molar-refractivity contribution in [3.63, 3.8) is 0 Å². The van der Waals surface area contributed by atoms with Gasteiger partial charge >= 0.3 is 11.7 Å². The number of nitrogens with zero attached hydrogens (tertiary/aromatic N) is 1. The predicted octanol–water partition coefficient (Wildman–Crippen LogP) is 1.71. The fraction of sp³-hybridized carbons (Fsp3) is 0.231. The minimum atomic E-state index is -0.465. The molecule has 5 nitrogen and oxygen atoms in total. The molecule has 0 unspecified atom stereocenters. The summed E-state index contributed by atoms with van der Waals surface area (Å²) in [6.45, 7) is 3.87. The molecule has 1 heterocycles. The van der Waals surface area contributed by atoms with Gasteiger partial charge in [0.15, 0.2) is 5.58 Å². The van der Waals surface area contributed by atoms with Gasteiger partial charge < -0.3 is 9.15 Å². The van der Waals surface area contributed by atoms with Gasteiger partial charge in [-0.1, -0.05) is 24.8 Å². The van der Waals surface area contributed by atoms with Crippen molar-refractivity contribution in [2.45, 2.75) is 13.0 Å². The van der Waals surface area contributed by atoms with Crippen LogP contribution in [0.1, 0.15) is 6.42 Å². The molecule has 1 aromatic heterocycles. The number of aromatic nitrogens is 1. The van der Waals surface area contributed by atoms with E-state index in [2.05, 4.69) is 6.58 Å². The largest absolute Gasteiger partial charge is 0.461 e. The Morgan fingerprint density at radius 3 is 3.00 bits per heavy atom. The molecule has 2 rings (SSSR count). The van der Waals surface area contributed by atoms with Crippen molar-refractivity contribution in [2.75, 3.05) is 6.61 Å². The maximum atomic E-state index is 11.6. The molecule has 0 atom stereocenters. The Morgan fingerprint density at radius 1 is 1.44 bits per heavy atom. The molecule has 18 heavy (non-hydrogen) atoms. The van der Waals surface area contributed by atoms with Crippen LogP contribution in [0, 0.1) is 0 Å². The number of esters is 1. The average Bonchev–Trinajstić information content (AvgIpc) is 2.69. The van der Waals surface area contributed by atoms with E-state index in [9.17, 15) is 9.59 Å². The van der Waals surface area contributed by atoms with Gasteiger partial charge in [-0.2, -0.15) is 0 Å². The molecule has 0 aliphatic heterocycles. The van der Waals surface area contributed by atoms with Crippen LogP contribution < -0.4 is 5.76 Å². The van der Waals surface area contributed by atoms with E-state index in [4.69, 9.17) is 9.15 Å². The lowest BCUT2D eigenvalue weighted by Gasteiger charge is -2.02. The summed E-state index contributed by atoms with van der Waals surface area (Å²) in [7, 11) is 0. The first-order valence-corrected chi connectivity index (χ1v) is 5.57. The number of hydrogen-bond acceptors (Lipinski definition) is 4. The summed E-state index contributed by atoms with van der Waals surface area (Å²) in [5, 5.41) is 0. The third-order valence-electron chi connectivity index (χ3n) is 2.48. The maximum absolute atomic E-state index is 11.6. The van der Waals surface area contributed by atoms with Crippen molar-refractivity contribution >= 4 is 17.1 Å². The summed E-state index contributed by atoms with van der Waals surface area (Å²) in [4.78, 5) is 22.9. The first-order chi connectivity index (χ1) is 8.72. The number of oxazole rings is 1. The second-order valence-electron chi connectivity index (χ2n) is 3.71. The van der Waals surface area contributed by atoms with Gasteiger partial charge in [-0.25, -0.2) is 4.79 Å². The van der Waals surface area contributed by atoms with E-state index in [0.29, 0.717) is 11.1 Å². The Morgan fingerprint density at radius 2 is 2.22 bits per heavy atom. The topological polar surface area (TPSA) is 61.4 Å². The summed E-state index contributed by atoms with van der Waals surface area (Å²) in [5.74, 6) is -0.834. The fourth-order valence-corrected chi connectivity index (χ4v) is 1.65. The van der Waals surface area contributed by atoms with Gasteiger partial charge in [0.2, 0.25) is 0 Å². The molecule has 0 fully saturated rings. The highest BCUT2D eigenvalue weighted by Gasteiger charge is 2.10. The van der Waals surface area contributed by atoms with E-state index in [1.165, 1.54) is 10.6 Å². The lowest BCUT2D eigenvalue weighted by atomic mass is 10.3. The summed E-state index contributed by atoms with van der Waals surface area (Å²) >= 11 is 0. The maximum Gasteiger partial charge on any atom is 0.419 e. The van der Waals surface area contributed by atoms with E-state index in [0.717, 1.165) is 0 Å². The minimum Gasteiger partial charge on any atom is -0.461 e. The first-order valence-electron chi connectivity index (χ1n) is 5.57. The van der Waals surface area contributed by atoms with Gasteiger partial charge in [-0.3, -0.25) is 9.36 Å². The highest BCUT2D eigenvalue weighted by molar-refractivity contribution is 5.73. The normalized spacial score (nSPS) is 10.4. The van der Waals surface area contributed by atoms with Crippen LogP contribution in [0.2, 0.25) is 0 Å². The Kier molecular flexibility index (Phi) is 3.62. The van der Waals surface area contributed by atoms with Crippen LogP contribution in [0.3, 0.4) is 0 Å². The number of carbonyl (C=O) groups is 1. The Bertz CT molecular complexity index is 623. The molecule has 0 spiro atoms. The summed E-state index contributed by atoms with van der Waals surface area (Å²) < 4.78 is 11.3. The second-order valence-corrected chi connectivity index (χ2v) is 3.71. The Labute approximate surface area is 103 Å². The molecule has 2 aromatic rings. The SMILES string of the molecule is C=CCOC(=O)CCn1c(=O)oc2ccccc21. The van der Waals surface area contributed by atoms with Crippen molar-refractivity contribution < 1.29 is 13.9 Å². The van der Waals surface area contributed by atoms with Crippen LogP contribution in [0.15, 0.2) is 46.1 Å². The highest BCUT2D eigenvalue weighted by atomic mass is 16.5. The van der Waals surface area contributed by atoms with E-state index < -0.39 is 5.76 Å². The molecule has 0 bridgehead atoms. The number of benzene rings is 1. The zero-order valence-electron chi connectivity index (χ0n) is 9.80. The minimum absolute atomic E-state index is 0.122. The smallest absolute Gasteiger partial charge is 0.419 e. The molecular weight excluding hydrogens is 234 g/mol. The van der Waals surface area contributed by atoms with E-state index >= 15 is 0 Å². The lowest BCUT2D eigenvalue weighted by molar-refractivity contribution is -0.142. The number of hydrogen-bond donors (Lipinski definition) is 0. The van der Waals surface area contributed by atoms with Crippen LogP contribution in [-0.2, 0) is 16.1 Å². The van der Waals surface area contributed by atoms with Crippen LogP contribution in [0.5, 0.6) is 0 Å². The Hall–Kier alpha value is -2.30. The second kappa shape index (κ2) is 5.35. The van der Waals surface area contributed by atoms with Gasteiger partial charge in [0.1, 0.15) is 6.61 Å². The van der Waals surface area contributed by atoms with Gasteiger partial charge in [-0.05, 0) is 12.1 Å². The molecule has 5 heteroatoms. The highest BCUT2D eigenvalue weighted by Crippen LogP contribution is 2.11. The Balaban J connectivity index is 2.12. The number of aryl methyl sites for hydroxylation is 1. The molecular formula is C13H13NO4. The molecule has 0 aliphatic rings. The molecule has 1 aromatic carbocycles. The molecule has 0 aliphatic carbocycles. The summed E-state index contributed by atoms with van der Waals surface area (Å²) in [6, 6.07) is 7.08. The van der Waals surface area contributed by atoms with Gasteiger partial charge in [0, 0.05) is 6.54 Å². The third-order valence-corrected chi connectivity index (χ3v) is 2.48. The van der Waals surface area contributed by atoms with E-state index in [-0.39, 0.29) is 25.5 Å². The van der Waals surface area contributed by atoms with Gasteiger partial charge in [0.25, 0.3) is 0 Å². The van der Waals surface area contributed by atoms with Crippen molar-refractivity contribution in [3.8, 4) is 0 Å². The van der Waals surface area contributed by atoms with E-state index in [1.54, 1.807) is 18.2 Å². The predicted molar refractivity (Wildman–Crippen MR) is 66.2 cm³/mol. The number of rotatable bonds is 5. The monoisotopic (exact) mass is 247 g/mol. The third kappa shape index (κ3) is 2.51. The summed E-state index contributed by atoms with van der Waals surface area (Å²) in [5.41, 5.74) is 1.20. The molecule has 0 saturated heterocycles. The zero-order chi connectivity index (χ0) is 13.0. The number of carbonyl (C=O) groups excluding carboxylic acids is 1. The fourth-order valence-electron chi connectivity index (χ4n) is 1.65. The zero-order valence-corrected chi connectivity index (χ0v) is 9.80. The lowest BCUT2D eigenvalue weighted by Crippen LogP contribution is -2.17. The van der Waals surface area contributed by atoms with Crippen LogP contribution in [-0.4, -0.2) is 17.1 Å². The van der Waals surface area contributed by atoms with Gasteiger partial charge in [0.05, 0.1) is 11.9 Å². The number of fused-ring (bicyclic) bond motifs is 1. The van der Waals surface area contributed by atoms with Crippen molar-refractivity contribution in [3.05, 3.63) is 47.5 Å². The number of para-hydroxylation sites is 2. The molecule has 0 radical (unpaired) electrons. The average molecular weight is 247 g/mol. The molecule has 94 valence electrons. The molecule has 0 saturated carbocycles. The van der Waals surface area contributed by atoms with E-state index in [1.807, 2.05) is 6.07 Å². The van der Waals surface area contributed by atoms with Crippen LogP contribution >= 0.6 is 0 Å². The molecule has 0 N–H and O–H groups in total. The van der Waals surface area contributed by atoms with Crippen molar-refractivity contribution in [1.82, 2.24) is 4.57 Å². The van der Waals surface area contributed by atoms with Crippen molar-refractivity contribution in [2.24, 2.45) is 0 Å². The van der Waals surface area contributed by atoms with Gasteiger partial charge in [-0.15, -0.1) is 0 Å². The van der Waals surface area contributed by atoms with Crippen molar-refractivity contribution in [1.29, 1.82) is 0 Å².